The number of rotatable bonds is 4. The molecule has 7 heteroatoms. The summed E-state index contributed by atoms with van der Waals surface area (Å²) in [6, 6.07) is 0. The van der Waals surface area contributed by atoms with Crippen molar-refractivity contribution in [1.82, 2.24) is 20.2 Å². The van der Waals surface area contributed by atoms with Crippen LogP contribution in [0.1, 0.15) is 55.1 Å². The molecular weight excluding hydrogens is 296 g/mol. The van der Waals surface area contributed by atoms with Gasteiger partial charge in [0.05, 0.1) is 29.8 Å². The van der Waals surface area contributed by atoms with Gasteiger partial charge in [-0.2, -0.15) is 0 Å². The zero-order chi connectivity index (χ0) is 17.0. The first-order chi connectivity index (χ1) is 10.9. The Morgan fingerprint density at radius 1 is 1.48 bits per heavy atom. The Bertz CT molecular complexity index is 590. The summed E-state index contributed by atoms with van der Waals surface area (Å²) in [4.78, 5) is 34.1. The van der Waals surface area contributed by atoms with Crippen molar-refractivity contribution in [3.8, 4) is 0 Å². The number of hydrogen-bond donors (Lipinski definition) is 2. The van der Waals surface area contributed by atoms with E-state index < -0.39 is 5.60 Å². The summed E-state index contributed by atoms with van der Waals surface area (Å²) in [7, 11) is 1.54. The molecule has 0 bridgehead atoms. The van der Waals surface area contributed by atoms with Gasteiger partial charge in [-0.05, 0) is 18.8 Å². The number of nitrogens with one attached hydrogen (secondary N) is 1. The molecule has 1 aromatic rings. The van der Waals surface area contributed by atoms with Gasteiger partial charge in [0.15, 0.2) is 0 Å². The number of nitrogens with zero attached hydrogens (tertiary/aromatic N) is 3. The van der Waals surface area contributed by atoms with Crippen LogP contribution in [0.4, 0.5) is 0 Å². The molecule has 0 spiro atoms. The maximum Gasteiger partial charge on any atom is 0.257 e. The standard InChI is InChI=1S/C16H24N4O3/c1-11(2)14-12(8-18-10-19-14)15(22)20-6-4-5-16(23,9-20)7-13(21)17-3/h8,10-11,23H,4-7,9H2,1-3H3,(H,17,21). The molecule has 1 aromatic heterocycles. The summed E-state index contributed by atoms with van der Waals surface area (Å²) < 4.78 is 0. The van der Waals surface area contributed by atoms with E-state index in [4.69, 9.17) is 0 Å². The number of likely N-dealkylation sites (tertiary alicyclic amines) is 1. The van der Waals surface area contributed by atoms with Gasteiger partial charge in [0.2, 0.25) is 5.91 Å². The highest BCUT2D eigenvalue weighted by Crippen LogP contribution is 2.26. The molecule has 1 aliphatic heterocycles. The molecule has 0 aromatic carbocycles. The van der Waals surface area contributed by atoms with E-state index in [0.717, 1.165) is 0 Å². The van der Waals surface area contributed by atoms with Crippen LogP contribution in [0.3, 0.4) is 0 Å². The van der Waals surface area contributed by atoms with E-state index in [1.54, 1.807) is 4.90 Å². The van der Waals surface area contributed by atoms with Gasteiger partial charge in [-0.15, -0.1) is 0 Å². The molecule has 0 saturated carbocycles. The Morgan fingerprint density at radius 3 is 2.87 bits per heavy atom. The molecule has 1 atom stereocenters. The second kappa shape index (κ2) is 7.04. The molecule has 23 heavy (non-hydrogen) atoms. The normalized spacial score (nSPS) is 21.3. The van der Waals surface area contributed by atoms with Crippen molar-refractivity contribution >= 4 is 11.8 Å². The molecule has 2 heterocycles. The third kappa shape index (κ3) is 4.04. The number of β-amino-alcohol motifs (C(OH)–C–C–N with tert-alkyl or cyclic N) is 1. The molecule has 1 saturated heterocycles. The Hall–Kier alpha value is -2.02. The lowest BCUT2D eigenvalue weighted by molar-refractivity contribution is -0.127. The molecular formula is C16H24N4O3. The van der Waals surface area contributed by atoms with Crippen LogP contribution in [0, 0.1) is 0 Å². The number of hydrogen-bond acceptors (Lipinski definition) is 5. The molecule has 1 unspecified atom stereocenters. The van der Waals surface area contributed by atoms with E-state index >= 15 is 0 Å². The summed E-state index contributed by atoms with van der Waals surface area (Å²) in [5, 5.41) is 13.1. The van der Waals surface area contributed by atoms with Gasteiger partial charge >= 0.3 is 0 Å². The number of aromatic nitrogens is 2. The predicted molar refractivity (Wildman–Crippen MR) is 84.9 cm³/mol. The third-order valence-electron chi connectivity index (χ3n) is 4.13. The molecule has 0 radical (unpaired) electrons. The van der Waals surface area contributed by atoms with Crippen LogP contribution in [-0.2, 0) is 4.79 Å². The Balaban J connectivity index is 2.18. The van der Waals surface area contributed by atoms with E-state index in [-0.39, 0.29) is 30.7 Å². The van der Waals surface area contributed by atoms with Crippen molar-refractivity contribution < 1.29 is 14.7 Å². The minimum absolute atomic E-state index is 0.00436. The quantitative estimate of drug-likeness (QED) is 0.851. The topological polar surface area (TPSA) is 95.4 Å². The van der Waals surface area contributed by atoms with Gasteiger partial charge in [-0.1, -0.05) is 13.8 Å². The second-order valence-corrected chi connectivity index (χ2v) is 6.38. The SMILES string of the molecule is CNC(=O)CC1(O)CCCN(C(=O)c2cncnc2C(C)C)C1. The molecule has 126 valence electrons. The van der Waals surface area contributed by atoms with Crippen LogP contribution in [0.2, 0.25) is 0 Å². The van der Waals surface area contributed by atoms with Crippen molar-refractivity contribution in [2.45, 2.75) is 44.6 Å². The predicted octanol–water partition coefficient (Wildman–Crippen LogP) is 0.703. The van der Waals surface area contributed by atoms with Crippen LogP contribution in [0.25, 0.3) is 0 Å². The van der Waals surface area contributed by atoms with Gasteiger partial charge < -0.3 is 15.3 Å². The monoisotopic (exact) mass is 320 g/mol. The zero-order valence-electron chi connectivity index (χ0n) is 13.9. The van der Waals surface area contributed by atoms with Crippen molar-refractivity contribution in [2.24, 2.45) is 0 Å². The number of carbonyl (C=O) groups is 2. The molecule has 1 aliphatic rings. The Labute approximate surface area is 136 Å². The third-order valence-corrected chi connectivity index (χ3v) is 4.13. The lowest BCUT2D eigenvalue weighted by Gasteiger charge is -2.39. The van der Waals surface area contributed by atoms with Crippen molar-refractivity contribution in [3.05, 3.63) is 23.8 Å². The van der Waals surface area contributed by atoms with E-state index in [1.807, 2.05) is 13.8 Å². The molecule has 2 N–H and O–H groups in total. The second-order valence-electron chi connectivity index (χ2n) is 6.38. The minimum atomic E-state index is -1.18. The fourth-order valence-electron chi connectivity index (χ4n) is 2.95. The summed E-state index contributed by atoms with van der Waals surface area (Å²) in [6.07, 6.45) is 4.12. The van der Waals surface area contributed by atoms with Crippen LogP contribution in [0.5, 0.6) is 0 Å². The van der Waals surface area contributed by atoms with E-state index in [9.17, 15) is 14.7 Å². The molecule has 1 fully saturated rings. The average molecular weight is 320 g/mol. The van der Waals surface area contributed by atoms with Gasteiger partial charge in [0.25, 0.3) is 5.91 Å². The first kappa shape index (κ1) is 17.3. The van der Waals surface area contributed by atoms with Gasteiger partial charge in [0, 0.05) is 19.8 Å². The van der Waals surface area contributed by atoms with Gasteiger partial charge in [-0.25, -0.2) is 9.97 Å². The molecule has 0 aliphatic carbocycles. The van der Waals surface area contributed by atoms with Crippen LogP contribution in [-0.4, -0.2) is 57.5 Å². The van der Waals surface area contributed by atoms with Crippen LogP contribution in [0.15, 0.2) is 12.5 Å². The maximum absolute atomic E-state index is 12.8. The minimum Gasteiger partial charge on any atom is -0.388 e. The smallest absolute Gasteiger partial charge is 0.257 e. The Morgan fingerprint density at radius 2 is 2.22 bits per heavy atom. The van der Waals surface area contributed by atoms with Crippen LogP contribution < -0.4 is 5.32 Å². The summed E-state index contributed by atoms with van der Waals surface area (Å²) in [6.45, 7) is 4.64. The van der Waals surface area contributed by atoms with E-state index in [2.05, 4.69) is 15.3 Å². The van der Waals surface area contributed by atoms with Crippen molar-refractivity contribution in [3.63, 3.8) is 0 Å². The number of carbonyl (C=O) groups excluding carboxylic acids is 2. The summed E-state index contributed by atoms with van der Waals surface area (Å²) in [5.41, 5.74) is -0.0149. The van der Waals surface area contributed by atoms with Crippen molar-refractivity contribution in [1.29, 1.82) is 0 Å². The largest absolute Gasteiger partial charge is 0.388 e. The molecule has 2 amide bonds. The highest BCUT2D eigenvalue weighted by Gasteiger charge is 2.37. The summed E-state index contributed by atoms with van der Waals surface area (Å²) in [5.74, 6) is -0.316. The average Bonchev–Trinajstić information content (AvgIpc) is 2.53. The summed E-state index contributed by atoms with van der Waals surface area (Å²) >= 11 is 0. The Kier molecular flexibility index (Phi) is 5.30. The van der Waals surface area contributed by atoms with E-state index in [0.29, 0.717) is 30.6 Å². The molecule has 2 rings (SSSR count). The highest BCUT2D eigenvalue weighted by molar-refractivity contribution is 5.95. The fraction of sp³-hybridized carbons (Fsp3) is 0.625. The lowest BCUT2D eigenvalue weighted by Crippen LogP contribution is -2.52. The number of piperidine rings is 1. The lowest BCUT2D eigenvalue weighted by atomic mass is 9.88. The van der Waals surface area contributed by atoms with Gasteiger partial charge in [0.1, 0.15) is 6.33 Å². The van der Waals surface area contributed by atoms with Gasteiger partial charge in [-0.3, -0.25) is 9.59 Å². The first-order valence-corrected chi connectivity index (χ1v) is 7.88. The zero-order valence-corrected chi connectivity index (χ0v) is 13.9. The fourth-order valence-corrected chi connectivity index (χ4v) is 2.95. The number of aliphatic hydroxyl groups is 1. The van der Waals surface area contributed by atoms with Crippen molar-refractivity contribution in [2.75, 3.05) is 20.1 Å². The number of amides is 2. The first-order valence-electron chi connectivity index (χ1n) is 7.88. The molecule has 7 nitrogen and oxygen atoms in total. The van der Waals surface area contributed by atoms with Crippen LogP contribution >= 0.6 is 0 Å². The van der Waals surface area contributed by atoms with E-state index in [1.165, 1.54) is 19.6 Å². The maximum atomic E-state index is 12.8. The highest BCUT2D eigenvalue weighted by atomic mass is 16.3.